The third kappa shape index (κ3) is 2.55. The molecule has 0 aliphatic heterocycles. The number of halogens is 1. The molecule has 1 aromatic rings. The maximum Gasteiger partial charge on any atom is 0.141 e. The molecule has 2 nitrogen and oxygen atoms in total. The summed E-state index contributed by atoms with van der Waals surface area (Å²) in [6.45, 7) is 0.484. The van der Waals surface area contributed by atoms with Crippen molar-refractivity contribution >= 4 is 11.3 Å². The van der Waals surface area contributed by atoms with Gasteiger partial charge in [-0.15, -0.1) is 11.3 Å². The second kappa shape index (κ2) is 4.41. The van der Waals surface area contributed by atoms with Crippen LogP contribution in [0.5, 0.6) is 0 Å². The minimum absolute atomic E-state index is 0.440. The zero-order valence-electron chi connectivity index (χ0n) is 6.43. The minimum Gasteiger partial charge on any atom is -0.319 e. The fraction of sp³-hybridized carbons (Fsp3) is 0.571. The monoisotopic (exact) mass is 174 g/mol. The van der Waals surface area contributed by atoms with Gasteiger partial charge in [-0.05, 0) is 20.0 Å². The number of hydrogen-bond acceptors (Lipinski definition) is 3. The average molecular weight is 174 g/mol. The smallest absolute Gasteiger partial charge is 0.141 e. The van der Waals surface area contributed by atoms with Crippen LogP contribution in [0.25, 0.3) is 0 Å². The van der Waals surface area contributed by atoms with Gasteiger partial charge >= 0.3 is 0 Å². The van der Waals surface area contributed by atoms with Gasteiger partial charge in [0.05, 0.1) is 0 Å². The molecule has 1 heterocycles. The highest BCUT2D eigenvalue weighted by atomic mass is 32.1. The van der Waals surface area contributed by atoms with Crippen molar-refractivity contribution in [1.82, 2.24) is 10.3 Å². The van der Waals surface area contributed by atoms with E-state index in [2.05, 4.69) is 10.3 Å². The van der Waals surface area contributed by atoms with Crippen molar-refractivity contribution < 1.29 is 4.39 Å². The fourth-order valence-electron chi connectivity index (χ4n) is 0.774. The maximum absolute atomic E-state index is 12.0. The van der Waals surface area contributed by atoms with Gasteiger partial charge in [0.2, 0.25) is 0 Å². The van der Waals surface area contributed by atoms with Gasteiger partial charge < -0.3 is 5.32 Å². The van der Waals surface area contributed by atoms with E-state index in [1.54, 1.807) is 6.20 Å². The first kappa shape index (κ1) is 8.62. The first-order chi connectivity index (χ1) is 5.36. The summed E-state index contributed by atoms with van der Waals surface area (Å²) in [6, 6.07) is 0. The van der Waals surface area contributed by atoms with E-state index in [4.69, 9.17) is 0 Å². The Morgan fingerprint density at radius 2 is 2.55 bits per heavy atom. The molecule has 1 aromatic heterocycles. The van der Waals surface area contributed by atoms with E-state index in [-0.39, 0.29) is 0 Å². The molecule has 4 heteroatoms. The number of nitrogens with one attached hydrogen (secondary N) is 1. The summed E-state index contributed by atoms with van der Waals surface area (Å²) in [4.78, 5) is 5.05. The molecule has 0 aromatic carbocycles. The Labute approximate surface area is 69.5 Å². The summed E-state index contributed by atoms with van der Waals surface area (Å²) in [5.41, 5.74) is 0. The summed E-state index contributed by atoms with van der Waals surface area (Å²) in [5, 5.41) is 3.61. The molecule has 0 spiro atoms. The Kier molecular flexibility index (Phi) is 3.45. The number of rotatable bonds is 4. The van der Waals surface area contributed by atoms with Crippen LogP contribution in [-0.2, 0) is 13.1 Å². The van der Waals surface area contributed by atoms with Crippen molar-refractivity contribution in [3.63, 3.8) is 0 Å². The summed E-state index contributed by atoms with van der Waals surface area (Å²) < 4.78 is 12.0. The molecule has 0 unspecified atom stereocenters. The quantitative estimate of drug-likeness (QED) is 0.745. The second-order valence-corrected chi connectivity index (χ2v) is 3.41. The van der Waals surface area contributed by atoms with Crippen molar-refractivity contribution in [1.29, 1.82) is 0 Å². The van der Waals surface area contributed by atoms with Crippen LogP contribution in [0.1, 0.15) is 9.88 Å². The van der Waals surface area contributed by atoms with E-state index in [9.17, 15) is 4.39 Å². The van der Waals surface area contributed by atoms with E-state index >= 15 is 0 Å². The first-order valence-corrected chi connectivity index (χ1v) is 4.32. The SMILES string of the molecule is CNCCc1cnc(CF)s1. The van der Waals surface area contributed by atoms with Crippen LogP contribution in [0.4, 0.5) is 4.39 Å². The van der Waals surface area contributed by atoms with E-state index in [0.29, 0.717) is 5.01 Å². The maximum atomic E-state index is 12.0. The first-order valence-electron chi connectivity index (χ1n) is 3.51. The van der Waals surface area contributed by atoms with Crippen LogP contribution in [0.15, 0.2) is 6.20 Å². The Morgan fingerprint density at radius 1 is 1.73 bits per heavy atom. The number of hydrogen-bond donors (Lipinski definition) is 1. The van der Waals surface area contributed by atoms with E-state index in [1.165, 1.54) is 11.3 Å². The average Bonchev–Trinajstić information content (AvgIpc) is 2.48. The highest BCUT2D eigenvalue weighted by Crippen LogP contribution is 2.13. The predicted molar refractivity (Wildman–Crippen MR) is 44.6 cm³/mol. The van der Waals surface area contributed by atoms with Crippen LogP contribution >= 0.6 is 11.3 Å². The normalized spacial score (nSPS) is 10.4. The van der Waals surface area contributed by atoms with Gasteiger partial charge in [-0.2, -0.15) is 0 Å². The molecule has 0 radical (unpaired) electrons. The lowest BCUT2D eigenvalue weighted by molar-refractivity contribution is 0.483. The zero-order valence-corrected chi connectivity index (χ0v) is 7.25. The van der Waals surface area contributed by atoms with Crippen LogP contribution in [0.2, 0.25) is 0 Å². The molecule has 0 amide bonds. The molecule has 0 aliphatic rings. The molecule has 0 bridgehead atoms. The Morgan fingerprint density at radius 3 is 3.09 bits per heavy atom. The van der Waals surface area contributed by atoms with E-state index < -0.39 is 6.67 Å². The Balaban J connectivity index is 2.44. The number of alkyl halides is 1. The summed E-state index contributed by atoms with van der Waals surface area (Å²) >= 11 is 1.45. The number of likely N-dealkylation sites (N-methyl/N-ethyl adjacent to an activating group) is 1. The summed E-state index contributed by atoms with van der Waals surface area (Å²) in [5.74, 6) is 0. The molecule has 0 aliphatic carbocycles. The Bertz CT molecular complexity index is 212. The lowest BCUT2D eigenvalue weighted by atomic mass is 10.4. The van der Waals surface area contributed by atoms with Gasteiger partial charge in [0.15, 0.2) is 0 Å². The van der Waals surface area contributed by atoms with Crippen LogP contribution < -0.4 is 5.32 Å². The minimum atomic E-state index is -0.440. The van der Waals surface area contributed by atoms with Crippen LogP contribution in [0, 0.1) is 0 Å². The number of aromatic nitrogens is 1. The molecule has 62 valence electrons. The summed E-state index contributed by atoms with van der Waals surface area (Å²) in [6.07, 6.45) is 2.69. The van der Waals surface area contributed by atoms with E-state index in [1.807, 2.05) is 7.05 Å². The third-order valence-corrected chi connectivity index (χ3v) is 2.36. The second-order valence-electron chi connectivity index (χ2n) is 2.21. The van der Waals surface area contributed by atoms with Crippen molar-refractivity contribution in [2.45, 2.75) is 13.1 Å². The van der Waals surface area contributed by atoms with Crippen molar-refractivity contribution in [2.24, 2.45) is 0 Å². The molecule has 1 N–H and O–H groups in total. The highest BCUT2D eigenvalue weighted by Gasteiger charge is 1.99. The number of thiazole rings is 1. The molecule has 0 saturated carbocycles. The molecular formula is C7H11FN2S. The molecule has 11 heavy (non-hydrogen) atoms. The highest BCUT2D eigenvalue weighted by molar-refractivity contribution is 7.11. The molecule has 1 rings (SSSR count). The standard InChI is InChI=1S/C7H11FN2S/c1-9-3-2-6-5-10-7(4-8)11-6/h5,9H,2-4H2,1H3. The lowest BCUT2D eigenvalue weighted by Crippen LogP contribution is -2.09. The van der Waals surface area contributed by atoms with Gasteiger partial charge in [-0.25, -0.2) is 9.37 Å². The van der Waals surface area contributed by atoms with Crippen LogP contribution in [-0.4, -0.2) is 18.6 Å². The molecule has 0 atom stereocenters. The van der Waals surface area contributed by atoms with Gasteiger partial charge in [-0.1, -0.05) is 0 Å². The van der Waals surface area contributed by atoms with Gasteiger partial charge in [0.1, 0.15) is 11.7 Å². The lowest BCUT2D eigenvalue weighted by Gasteiger charge is -1.92. The van der Waals surface area contributed by atoms with E-state index in [0.717, 1.165) is 17.8 Å². The van der Waals surface area contributed by atoms with Crippen LogP contribution in [0.3, 0.4) is 0 Å². The molecular weight excluding hydrogens is 163 g/mol. The largest absolute Gasteiger partial charge is 0.319 e. The Hall–Kier alpha value is -0.480. The fourth-order valence-corrected chi connectivity index (χ4v) is 1.55. The topological polar surface area (TPSA) is 24.9 Å². The van der Waals surface area contributed by atoms with Gasteiger partial charge in [0.25, 0.3) is 0 Å². The zero-order chi connectivity index (χ0) is 8.10. The van der Waals surface area contributed by atoms with Crippen molar-refractivity contribution in [3.05, 3.63) is 16.1 Å². The molecule has 0 fully saturated rings. The van der Waals surface area contributed by atoms with Gasteiger partial charge in [0, 0.05) is 11.1 Å². The predicted octanol–water partition coefficient (Wildman–Crippen LogP) is 1.37. The summed E-state index contributed by atoms with van der Waals surface area (Å²) in [7, 11) is 1.90. The third-order valence-electron chi connectivity index (χ3n) is 1.34. The number of nitrogens with zero attached hydrogens (tertiary/aromatic N) is 1. The molecule has 0 saturated heterocycles. The van der Waals surface area contributed by atoms with Crippen molar-refractivity contribution in [2.75, 3.05) is 13.6 Å². The van der Waals surface area contributed by atoms with Crippen molar-refractivity contribution in [3.8, 4) is 0 Å². The van der Waals surface area contributed by atoms with Gasteiger partial charge in [-0.3, -0.25) is 0 Å².